The third-order valence-electron chi connectivity index (χ3n) is 5.07. The van der Waals surface area contributed by atoms with Crippen LogP contribution in [-0.2, 0) is 9.53 Å². The Bertz CT molecular complexity index is 483. The molecule has 6 nitrogen and oxygen atoms in total. The Kier molecular flexibility index (Phi) is 5.99. The Morgan fingerprint density at radius 3 is 2.83 bits per heavy atom. The first-order valence-corrected chi connectivity index (χ1v) is 9.21. The van der Waals surface area contributed by atoms with Crippen molar-refractivity contribution >= 4 is 17.7 Å². The van der Waals surface area contributed by atoms with Gasteiger partial charge >= 0.3 is 5.97 Å². The fourth-order valence-corrected chi connectivity index (χ4v) is 4.53. The molecule has 5 atom stereocenters. The van der Waals surface area contributed by atoms with Gasteiger partial charge in [0.05, 0.1) is 6.10 Å². The topological polar surface area (TPSA) is 113 Å². The van der Waals surface area contributed by atoms with Gasteiger partial charge in [-0.3, -0.25) is 4.79 Å². The highest BCUT2D eigenvalue weighted by Crippen LogP contribution is 2.45. The molecule has 23 heavy (non-hydrogen) atoms. The van der Waals surface area contributed by atoms with E-state index in [1.165, 1.54) is 11.8 Å². The van der Waals surface area contributed by atoms with Crippen LogP contribution in [-0.4, -0.2) is 57.1 Å². The number of ether oxygens (including phenoxy) is 1. The summed E-state index contributed by atoms with van der Waals surface area (Å²) in [5.41, 5.74) is 5.97. The maximum Gasteiger partial charge on any atom is 0.321 e. The first kappa shape index (κ1) is 18.6. The van der Waals surface area contributed by atoms with Crippen LogP contribution in [0.15, 0.2) is 11.3 Å². The number of allylic oxidation sites excluding steroid dienone is 1. The summed E-state index contributed by atoms with van der Waals surface area (Å²) in [7, 11) is 0. The van der Waals surface area contributed by atoms with Gasteiger partial charge in [0.15, 0.2) is 0 Å². The van der Waals surface area contributed by atoms with Crippen LogP contribution in [0.4, 0.5) is 0 Å². The Hall–Kier alpha value is -0.760. The molecule has 0 aromatic carbocycles. The Morgan fingerprint density at radius 2 is 2.17 bits per heavy atom. The number of aliphatic carboxylic acids is 1. The number of aliphatic hydroxyl groups is 2. The molecule has 5 N–H and O–H groups in total. The second kappa shape index (κ2) is 7.42. The number of aliphatic hydroxyl groups excluding tert-OH is 2. The fourth-order valence-electron chi connectivity index (χ4n) is 3.33. The molecule has 1 fully saturated rings. The summed E-state index contributed by atoms with van der Waals surface area (Å²) in [5.74, 6) is 0.305. The van der Waals surface area contributed by atoms with E-state index in [2.05, 4.69) is 0 Å². The normalized spacial score (nSPS) is 39.1. The number of carboxylic acid groups (broad SMARTS) is 1. The van der Waals surface area contributed by atoms with E-state index in [-0.39, 0.29) is 6.10 Å². The van der Waals surface area contributed by atoms with Crippen LogP contribution in [0.1, 0.15) is 39.5 Å². The van der Waals surface area contributed by atoms with Crippen molar-refractivity contribution in [3.63, 3.8) is 0 Å². The van der Waals surface area contributed by atoms with E-state index in [1.54, 1.807) is 0 Å². The highest BCUT2D eigenvalue weighted by Gasteiger charge is 2.51. The van der Waals surface area contributed by atoms with Gasteiger partial charge in [-0.25, -0.2) is 0 Å². The minimum Gasteiger partial charge on any atom is -0.490 e. The Labute approximate surface area is 141 Å². The van der Waals surface area contributed by atoms with Crippen molar-refractivity contribution in [3.8, 4) is 0 Å². The molecule has 0 saturated carbocycles. The first-order chi connectivity index (χ1) is 10.8. The van der Waals surface area contributed by atoms with Gasteiger partial charge in [0, 0.05) is 16.9 Å². The summed E-state index contributed by atoms with van der Waals surface area (Å²) in [6.45, 7) is 3.88. The molecule has 7 heteroatoms. The summed E-state index contributed by atoms with van der Waals surface area (Å²) in [4.78, 5) is 10.8. The minimum absolute atomic E-state index is 0.269. The molecule has 2 heterocycles. The van der Waals surface area contributed by atoms with Crippen LogP contribution in [0.3, 0.4) is 0 Å². The number of rotatable bonds is 5. The molecule has 1 aliphatic carbocycles. The predicted octanol–water partition coefficient (Wildman–Crippen LogP) is 1.11. The van der Waals surface area contributed by atoms with Gasteiger partial charge < -0.3 is 25.8 Å². The van der Waals surface area contributed by atoms with Gasteiger partial charge in [0.1, 0.15) is 24.0 Å². The lowest BCUT2D eigenvalue weighted by Gasteiger charge is -2.48. The van der Waals surface area contributed by atoms with E-state index >= 15 is 0 Å². The Balaban J connectivity index is 2.15. The van der Waals surface area contributed by atoms with E-state index in [0.717, 1.165) is 31.3 Å². The van der Waals surface area contributed by atoms with E-state index in [9.17, 15) is 15.0 Å². The molecule has 3 aliphatic rings. The third-order valence-corrected chi connectivity index (χ3v) is 6.20. The van der Waals surface area contributed by atoms with Gasteiger partial charge in [-0.2, -0.15) is 11.8 Å². The van der Waals surface area contributed by atoms with Crippen molar-refractivity contribution in [2.45, 2.75) is 63.9 Å². The largest absolute Gasteiger partial charge is 0.490 e. The lowest BCUT2D eigenvalue weighted by atomic mass is 9.71. The molecule has 2 bridgehead atoms. The van der Waals surface area contributed by atoms with Crippen LogP contribution in [0.5, 0.6) is 0 Å². The van der Waals surface area contributed by atoms with Gasteiger partial charge in [-0.1, -0.05) is 13.3 Å². The quantitative estimate of drug-likeness (QED) is 0.590. The number of carbonyl (C=O) groups is 1. The molecular weight excluding hydrogens is 318 g/mol. The fraction of sp³-hybridized carbons (Fsp3) is 0.812. The van der Waals surface area contributed by atoms with Crippen molar-refractivity contribution in [1.82, 2.24) is 0 Å². The predicted molar refractivity (Wildman–Crippen MR) is 89.1 cm³/mol. The number of hydrogen-bond acceptors (Lipinski definition) is 6. The summed E-state index contributed by atoms with van der Waals surface area (Å²) in [5, 5.41) is 29.9. The highest BCUT2D eigenvalue weighted by molar-refractivity contribution is 7.99. The maximum absolute atomic E-state index is 10.8. The average molecular weight is 345 g/mol. The lowest BCUT2D eigenvalue weighted by molar-refractivity contribution is -0.162. The second-order valence-electron chi connectivity index (χ2n) is 6.84. The summed E-state index contributed by atoms with van der Waals surface area (Å²) in [6, 6.07) is -0.905. The zero-order valence-electron chi connectivity index (χ0n) is 13.7. The summed E-state index contributed by atoms with van der Waals surface area (Å²) < 4.78 is 6.07. The average Bonchev–Trinajstić information content (AvgIpc) is 2.58. The van der Waals surface area contributed by atoms with Crippen LogP contribution in [0.25, 0.3) is 0 Å². The molecule has 0 amide bonds. The number of fused-ring (bicyclic) bond motifs is 6. The molecule has 0 radical (unpaired) electrons. The molecule has 132 valence electrons. The van der Waals surface area contributed by atoms with Crippen molar-refractivity contribution in [2.75, 3.05) is 11.5 Å². The Morgan fingerprint density at radius 1 is 1.48 bits per heavy atom. The molecule has 0 spiro atoms. The molecule has 3 rings (SSSR count). The lowest BCUT2D eigenvalue weighted by Crippen LogP contribution is -2.56. The number of hydrogen-bond donors (Lipinski definition) is 4. The van der Waals surface area contributed by atoms with Gasteiger partial charge in [-0.15, -0.1) is 0 Å². The van der Waals surface area contributed by atoms with Gasteiger partial charge in [-0.05, 0) is 31.8 Å². The third kappa shape index (κ3) is 3.84. The smallest absolute Gasteiger partial charge is 0.321 e. The summed E-state index contributed by atoms with van der Waals surface area (Å²) in [6.07, 6.45) is 1.47. The second-order valence-corrected chi connectivity index (χ2v) is 7.91. The van der Waals surface area contributed by atoms with Gasteiger partial charge in [0.2, 0.25) is 0 Å². The standard InChI is InChI=1S/C16H27NO5S/c1-9-5-3-4-6-16(2)11(8-23-7-10(17)15(20)21)22-13(9)12(18)14(16)19/h10-12,14,18-19H,3-8,17H2,1-2H3,(H,20,21)/b13-9-. The summed E-state index contributed by atoms with van der Waals surface area (Å²) >= 11 is 1.42. The molecule has 0 aromatic heterocycles. The monoisotopic (exact) mass is 345 g/mol. The van der Waals surface area contributed by atoms with E-state index in [0.29, 0.717) is 17.3 Å². The van der Waals surface area contributed by atoms with E-state index in [4.69, 9.17) is 15.6 Å². The SMILES string of the molecule is C/C1=C2/OC(CSCC(N)C(=O)O)C(C)(CCCC1)C(O)C2O. The van der Waals surface area contributed by atoms with Crippen molar-refractivity contribution in [2.24, 2.45) is 11.1 Å². The van der Waals surface area contributed by atoms with Crippen LogP contribution in [0.2, 0.25) is 0 Å². The van der Waals surface area contributed by atoms with E-state index in [1.807, 2.05) is 13.8 Å². The van der Waals surface area contributed by atoms with Crippen LogP contribution < -0.4 is 5.73 Å². The zero-order chi connectivity index (χ0) is 17.2. The van der Waals surface area contributed by atoms with Crippen LogP contribution >= 0.6 is 11.8 Å². The molecule has 0 aromatic rings. The minimum atomic E-state index is -1.02. The molecule has 2 aliphatic heterocycles. The van der Waals surface area contributed by atoms with Crippen molar-refractivity contribution < 1.29 is 24.9 Å². The number of thioether (sulfide) groups is 1. The molecule has 5 unspecified atom stereocenters. The van der Waals surface area contributed by atoms with Gasteiger partial charge in [0.25, 0.3) is 0 Å². The number of carboxylic acids is 1. The highest BCUT2D eigenvalue weighted by atomic mass is 32.2. The molecule has 1 saturated heterocycles. The first-order valence-electron chi connectivity index (χ1n) is 8.06. The van der Waals surface area contributed by atoms with Crippen LogP contribution in [0, 0.1) is 5.41 Å². The van der Waals surface area contributed by atoms with E-state index < -0.39 is 29.6 Å². The number of nitrogens with two attached hydrogens (primary N) is 1. The molecular formula is C16H27NO5S. The maximum atomic E-state index is 10.8. The van der Waals surface area contributed by atoms with Crippen molar-refractivity contribution in [3.05, 3.63) is 11.3 Å². The van der Waals surface area contributed by atoms with Crippen molar-refractivity contribution in [1.29, 1.82) is 0 Å². The zero-order valence-corrected chi connectivity index (χ0v) is 14.5.